The highest BCUT2D eigenvalue weighted by Crippen LogP contribution is 2.47. The standard InChI is InChI=1S/C22H23N7O2/c1-26(2)19(30)14-29-17-5-3-8-25-20(17)28-11-4-6-18(28)22(29)7-12-27(15-22)21(31)16-13-23-9-10-24-16/h3-6,8-11,13H,7,12,14-15H2,1-2H3. The molecule has 1 spiro atoms. The van der Waals surface area contributed by atoms with E-state index >= 15 is 0 Å². The van der Waals surface area contributed by atoms with E-state index < -0.39 is 5.54 Å². The van der Waals surface area contributed by atoms with Crippen LogP contribution in [0.3, 0.4) is 0 Å². The Balaban J connectivity index is 1.59. The third-order valence-electron chi connectivity index (χ3n) is 6.14. The lowest BCUT2D eigenvalue weighted by Crippen LogP contribution is -2.55. The van der Waals surface area contributed by atoms with E-state index in [4.69, 9.17) is 0 Å². The number of carbonyl (C=O) groups excluding carboxylic acids is 2. The second-order valence-electron chi connectivity index (χ2n) is 8.08. The maximum absolute atomic E-state index is 13.1. The number of fused-ring (bicyclic) bond motifs is 4. The van der Waals surface area contributed by atoms with Crippen LogP contribution in [0, 0.1) is 0 Å². The van der Waals surface area contributed by atoms with Crippen molar-refractivity contribution in [3.05, 3.63) is 66.6 Å². The molecular weight excluding hydrogens is 394 g/mol. The molecule has 3 aromatic heterocycles. The molecule has 0 aliphatic carbocycles. The minimum Gasteiger partial charge on any atom is -0.347 e. The number of pyridine rings is 1. The van der Waals surface area contributed by atoms with Gasteiger partial charge < -0.3 is 19.3 Å². The van der Waals surface area contributed by atoms with Crippen molar-refractivity contribution >= 4 is 17.5 Å². The van der Waals surface area contributed by atoms with E-state index in [1.807, 2.05) is 24.4 Å². The van der Waals surface area contributed by atoms with Crippen molar-refractivity contribution < 1.29 is 9.59 Å². The number of nitrogens with zero attached hydrogens (tertiary/aromatic N) is 7. The first-order valence-electron chi connectivity index (χ1n) is 10.2. The van der Waals surface area contributed by atoms with Crippen molar-refractivity contribution in [1.29, 1.82) is 0 Å². The zero-order valence-electron chi connectivity index (χ0n) is 17.5. The van der Waals surface area contributed by atoms with Crippen LogP contribution in [0.1, 0.15) is 22.6 Å². The van der Waals surface area contributed by atoms with Gasteiger partial charge in [0.2, 0.25) is 5.91 Å². The lowest BCUT2D eigenvalue weighted by molar-refractivity contribution is -0.127. The Morgan fingerprint density at radius 2 is 2.00 bits per heavy atom. The average molecular weight is 417 g/mol. The van der Waals surface area contributed by atoms with Crippen LogP contribution >= 0.6 is 0 Å². The summed E-state index contributed by atoms with van der Waals surface area (Å²) in [5, 5.41) is 0. The van der Waals surface area contributed by atoms with Gasteiger partial charge in [0, 0.05) is 52.0 Å². The minimum absolute atomic E-state index is 0.00659. The quantitative estimate of drug-likeness (QED) is 0.639. The average Bonchev–Trinajstić information content (AvgIpc) is 3.45. The molecule has 1 saturated heterocycles. The van der Waals surface area contributed by atoms with E-state index in [0.717, 1.165) is 17.2 Å². The van der Waals surface area contributed by atoms with Crippen LogP contribution in [-0.4, -0.2) is 74.9 Å². The summed E-state index contributed by atoms with van der Waals surface area (Å²) in [6, 6.07) is 7.91. The maximum atomic E-state index is 13.1. The Bertz CT molecular complexity index is 1140. The molecule has 2 aliphatic rings. The van der Waals surface area contributed by atoms with E-state index in [1.165, 1.54) is 12.4 Å². The number of carbonyl (C=O) groups is 2. The van der Waals surface area contributed by atoms with Gasteiger partial charge in [0.1, 0.15) is 11.2 Å². The van der Waals surface area contributed by atoms with Gasteiger partial charge in [0.15, 0.2) is 5.82 Å². The van der Waals surface area contributed by atoms with Crippen molar-refractivity contribution in [3.63, 3.8) is 0 Å². The van der Waals surface area contributed by atoms with Crippen molar-refractivity contribution in [2.45, 2.75) is 12.0 Å². The number of likely N-dealkylation sites (tertiary alicyclic amines) is 1. The molecule has 0 bridgehead atoms. The van der Waals surface area contributed by atoms with Gasteiger partial charge in [0.05, 0.1) is 24.1 Å². The highest BCUT2D eigenvalue weighted by molar-refractivity contribution is 5.92. The number of hydrogen-bond acceptors (Lipinski definition) is 6. The Morgan fingerprint density at radius 1 is 1.13 bits per heavy atom. The van der Waals surface area contributed by atoms with Crippen molar-refractivity contribution in [2.24, 2.45) is 0 Å². The molecule has 31 heavy (non-hydrogen) atoms. The lowest BCUT2D eigenvalue weighted by atomic mass is 9.88. The van der Waals surface area contributed by atoms with E-state index in [1.54, 1.807) is 36.3 Å². The van der Waals surface area contributed by atoms with Crippen molar-refractivity contribution in [2.75, 3.05) is 38.6 Å². The number of aromatic nitrogens is 4. The second-order valence-corrected chi connectivity index (χ2v) is 8.08. The number of amides is 2. The SMILES string of the molecule is CN(C)C(=O)CN1c2cccnc2-n2cccc2C12CCN(C(=O)c1cnccn1)C2. The molecule has 0 saturated carbocycles. The molecule has 3 aromatic rings. The number of hydrogen-bond donors (Lipinski definition) is 0. The zero-order chi connectivity index (χ0) is 21.6. The summed E-state index contributed by atoms with van der Waals surface area (Å²) in [5.41, 5.74) is 1.70. The summed E-state index contributed by atoms with van der Waals surface area (Å²) in [6.07, 6.45) is 9.00. The fraction of sp³-hybridized carbons (Fsp3) is 0.318. The fourth-order valence-corrected chi connectivity index (χ4v) is 4.58. The van der Waals surface area contributed by atoms with Gasteiger partial charge in [-0.1, -0.05) is 0 Å². The number of rotatable bonds is 3. The number of likely N-dealkylation sites (N-methyl/N-ethyl adjacent to an activating group) is 1. The molecule has 5 heterocycles. The Kier molecular flexibility index (Phi) is 4.46. The van der Waals surface area contributed by atoms with E-state index in [-0.39, 0.29) is 18.4 Å². The minimum atomic E-state index is -0.539. The first kappa shape index (κ1) is 19.2. The van der Waals surface area contributed by atoms with Crippen LogP contribution in [0.2, 0.25) is 0 Å². The van der Waals surface area contributed by atoms with Gasteiger partial charge in [-0.15, -0.1) is 0 Å². The maximum Gasteiger partial charge on any atom is 0.274 e. The Labute approximate surface area is 179 Å². The normalized spacial score (nSPS) is 19.3. The first-order valence-corrected chi connectivity index (χ1v) is 10.2. The fourth-order valence-electron chi connectivity index (χ4n) is 4.58. The molecule has 1 atom stereocenters. The molecule has 0 N–H and O–H groups in total. The van der Waals surface area contributed by atoms with E-state index in [9.17, 15) is 9.59 Å². The molecule has 1 fully saturated rings. The van der Waals surface area contributed by atoms with Crippen LogP contribution in [0.15, 0.2) is 55.2 Å². The highest BCUT2D eigenvalue weighted by Gasteiger charge is 2.51. The summed E-state index contributed by atoms with van der Waals surface area (Å²) in [5.74, 6) is 0.630. The lowest BCUT2D eigenvalue weighted by Gasteiger charge is -2.46. The van der Waals surface area contributed by atoms with E-state index in [0.29, 0.717) is 25.2 Å². The van der Waals surface area contributed by atoms with Crippen molar-refractivity contribution in [3.8, 4) is 5.82 Å². The van der Waals surface area contributed by atoms with Crippen LogP contribution < -0.4 is 4.90 Å². The van der Waals surface area contributed by atoms with Gasteiger partial charge in [-0.05, 0) is 30.7 Å². The van der Waals surface area contributed by atoms with Gasteiger partial charge in [-0.3, -0.25) is 14.6 Å². The third-order valence-corrected chi connectivity index (χ3v) is 6.14. The molecule has 1 unspecified atom stereocenters. The topological polar surface area (TPSA) is 87.5 Å². The largest absolute Gasteiger partial charge is 0.347 e. The molecule has 2 amide bonds. The monoisotopic (exact) mass is 417 g/mol. The number of anilines is 1. The molecule has 158 valence electrons. The smallest absolute Gasteiger partial charge is 0.274 e. The van der Waals surface area contributed by atoms with Gasteiger partial charge >= 0.3 is 0 Å². The summed E-state index contributed by atoms with van der Waals surface area (Å²) in [7, 11) is 3.51. The summed E-state index contributed by atoms with van der Waals surface area (Å²) in [4.78, 5) is 44.2. The summed E-state index contributed by atoms with van der Waals surface area (Å²) in [6.45, 7) is 1.20. The molecule has 9 heteroatoms. The summed E-state index contributed by atoms with van der Waals surface area (Å²) >= 11 is 0. The van der Waals surface area contributed by atoms with Crippen molar-refractivity contribution in [1.82, 2.24) is 29.3 Å². The van der Waals surface area contributed by atoms with Gasteiger partial charge in [-0.25, -0.2) is 9.97 Å². The predicted octanol–water partition coefficient (Wildman–Crippen LogP) is 1.31. The van der Waals surface area contributed by atoms with Crippen LogP contribution in [0.25, 0.3) is 5.82 Å². The van der Waals surface area contributed by atoms with Crippen LogP contribution in [0.4, 0.5) is 5.69 Å². The highest BCUT2D eigenvalue weighted by atomic mass is 16.2. The van der Waals surface area contributed by atoms with Crippen LogP contribution in [-0.2, 0) is 10.3 Å². The third kappa shape index (κ3) is 2.96. The Morgan fingerprint density at radius 3 is 2.77 bits per heavy atom. The van der Waals surface area contributed by atoms with Gasteiger partial charge in [0.25, 0.3) is 5.91 Å². The Hall–Kier alpha value is -3.75. The molecular formula is C22H23N7O2. The molecule has 2 aliphatic heterocycles. The first-order chi connectivity index (χ1) is 15.0. The molecule has 9 nitrogen and oxygen atoms in total. The van der Waals surface area contributed by atoms with Gasteiger partial charge in [-0.2, -0.15) is 0 Å². The van der Waals surface area contributed by atoms with Crippen LogP contribution in [0.5, 0.6) is 0 Å². The second kappa shape index (κ2) is 7.19. The molecule has 0 radical (unpaired) electrons. The van der Waals surface area contributed by atoms with E-state index in [2.05, 4.69) is 30.5 Å². The molecule has 0 aromatic carbocycles. The predicted molar refractivity (Wildman–Crippen MR) is 114 cm³/mol. The molecule has 5 rings (SSSR count). The summed E-state index contributed by atoms with van der Waals surface area (Å²) < 4.78 is 2.07. The zero-order valence-corrected chi connectivity index (χ0v) is 17.5.